The molecule has 0 amide bonds. The molecule has 18 aromatic rings. The van der Waals surface area contributed by atoms with Gasteiger partial charge in [-0.15, -0.1) is 0 Å². The summed E-state index contributed by atoms with van der Waals surface area (Å²) in [7, 11) is 3.23. The third-order valence-electron chi connectivity index (χ3n) is 22.4. The Morgan fingerprint density at radius 2 is 0.508 bits per heavy atom. The van der Waals surface area contributed by atoms with E-state index in [1.54, 1.807) is 64.9 Å². The summed E-state index contributed by atoms with van der Waals surface area (Å²) in [4.78, 5) is 124. The average Bonchev–Trinajstić information content (AvgIpc) is 1.67. The Hall–Kier alpha value is -12.4. The van der Waals surface area contributed by atoms with Gasteiger partial charge in [0.2, 0.25) is 34.7 Å². The largest absolute Gasteiger partial charge is 0.497 e. The van der Waals surface area contributed by atoms with E-state index in [1.165, 1.54) is 0 Å². The molecular weight excluding hydrogens is 1580 g/mol. The van der Waals surface area contributed by atoms with Crippen LogP contribution < -0.4 is 42.8 Å². The molecule has 0 saturated carbocycles. The first kappa shape index (κ1) is 87.4. The molecule has 0 aliphatic heterocycles. The molecule has 0 unspecified atom stereocenters. The summed E-state index contributed by atoms with van der Waals surface area (Å²) >= 11 is 12.0. The van der Waals surface area contributed by atoms with Gasteiger partial charge in [0.25, 0.3) is 33.4 Å². The first-order chi connectivity index (χ1) is 58.2. The van der Waals surface area contributed by atoms with Crippen molar-refractivity contribution < 1.29 is 9.47 Å². The first-order valence-electron chi connectivity index (χ1n) is 42.0. The highest BCUT2D eigenvalue weighted by atomic mass is 35.5. The molecule has 0 saturated heterocycles. The summed E-state index contributed by atoms with van der Waals surface area (Å²) in [6, 6.07) is 33.9. The maximum atomic E-state index is 12.8. The number of H-pyrrole nitrogens is 6. The Bertz CT molecular complexity index is 7120. The highest BCUT2D eigenvalue weighted by Crippen LogP contribution is 2.30. The number of aromatic nitrogens is 18. The van der Waals surface area contributed by atoms with Gasteiger partial charge < -0.3 is 39.4 Å². The number of halogens is 2. The van der Waals surface area contributed by atoms with Gasteiger partial charge in [0.1, 0.15) is 11.5 Å². The topological polar surface area (TPSA) is 319 Å². The van der Waals surface area contributed by atoms with E-state index in [0.717, 1.165) is 169 Å². The zero-order chi connectivity index (χ0) is 88.0. The van der Waals surface area contributed by atoms with Crippen LogP contribution >= 0.6 is 23.2 Å². The van der Waals surface area contributed by atoms with Crippen molar-refractivity contribution in [1.82, 2.24) is 86.2 Å². The van der Waals surface area contributed by atoms with Crippen molar-refractivity contribution in [3.63, 3.8) is 0 Å². The lowest BCUT2D eigenvalue weighted by atomic mass is 10.0. The molecule has 6 N–H and O–H groups in total. The number of ether oxygens (including phenoxy) is 2. The molecule has 0 aliphatic carbocycles. The average molecular weight is 1690 g/mol. The summed E-state index contributed by atoms with van der Waals surface area (Å²) in [5, 5.41) is 1.22. The lowest BCUT2D eigenvalue weighted by Crippen LogP contribution is -2.22. The van der Waals surface area contributed by atoms with Crippen molar-refractivity contribution in [3.8, 4) is 11.5 Å². The Labute approximate surface area is 713 Å². The van der Waals surface area contributed by atoms with Crippen LogP contribution in [0.3, 0.4) is 0 Å². The van der Waals surface area contributed by atoms with Crippen molar-refractivity contribution >= 4 is 124 Å². The number of methoxy groups -OCH3 is 2. The van der Waals surface area contributed by atoms with Gasteiger partial charge in [0, 0.05) is 89.7 Å². The normalized spacial score (nSPS) is 11.8. The molecule has 12 heterocycles. The summed E-state index contributed by atoms with van der Waals surface area (Å²) < 4.78 is 20.4. The van der Waals surface area contributed by atoms with Gasteiger partial charge in [0.05, 0.1) is 80.4 Å². The number of aromatic amines is 6. The minimum Gasteiger partial charge on any atom is -0.497 e. The summed E-state index contributed by atoms with van der Waals surface area (Å²) in [5.41, 5.74) is 22.9. The van der Waals surface area contributed by atoms with E-state index >= 15 is 0 Å². The second kappa shape index (κ2) is 35.7. The zero-order valence-electron chi connectivity index (χ0n) is 73.5. The van der Waals surface area contributed by atoms with Crippen LogP contribution in [0, 0.1) is 13.8 Å². The summed E-state index contributed by atoms with van der Waals surface area (Å²) in [6.45, 7) is 41.0. The molecular formula is C94H108Cl2N18O8. The van der Waals surface area contributed by atoms with Gasteiger partial charge in [-0.1, -0.05) is 160 Å². The van der Waals surface area contributed by atoms with Crippen LogP contribution in [-0.4, -0.2) is 100 Å². The fraction of sp³-hybridized carbons (Fsp3) is 0.362. The molecule has 0 radical (unpaired) electrons. The van der Waals surface area contributed by atoms with Crippen molar-refractivity contribution in [2.75, 3.05) is 14.2 Å². The third-order valence-corrected chi connectivity index (χ3v) is 22.8. The van der Waals surface area contributed by atoms with Crippen LogP contribution in [0.5, 0.6) is 11.5 Å². The second-order valence-electron chi connectivity index (χ2n) is 32.6. The predicted molar refractivity (Wildman–Crippen MR) is 493 cm³/mol. The van der Waals surface area contributed by atoms with Gasteiger partial charge in [-0.05, 0) is 184 Å². The molecule has 0 atom stereocenters. The fourth-order valence-electron chi connectivity index (χ4n) is 16.3. The SMILES string of the molecule is CCc1c(C(C)C)[nH]c2nc3cc(C)ccc3n2c1=O.CCc1c(C(C)C)[nH]c2nc3cc(Cl)ccc3n2c1=O.CCc1c(C(C)C)[nH]c2nc3cc(OC)ccc3n2c1=O.CCc1c(C(C)C)[nH]c2nc3ccc(C)cc3n2c1=O.CCc1c(C(C)C)[nH]c2nc3ccc(Cl)cc3n2c1=O.CCc1c(C(C)C)[nH]c2nc3ccc(OC)cc3n2c1=O. The van der Waals surface area contributed by atoms with E-state index in [4.69, 9.17) is 32.7 Å². The third kappa shape index (κ3) is 16.3. The summed E-state index contributed by atoms with van der Waals surface area (Å²) in [6.07, 6.45) is 4.25. The standard InChI is InChI=1S/2C16H19N3O2.2C16H19N3O.2C15H16ClN3O/c1-5-11-14(9(2)3)18-16-17-12-8-10(21-4)6-7-13(12)19(16)15(11)20;1-5-11-14(9(2)3)18-16-17-12-7-6-10(21-4)8-13(12)19(16)15(11)20;1-5-11-14(9(2)3)18-16-17-12-8-10(4)6-7-13(12)19(16)15(11)20;1-5-11-14(9(2)3)18-16-17-12-7-6-10(4)8-13(12)19(16)15(11)20;1-4-10-13(8(2)3)18-15-17-11-7-9(16)5-6-12(11)19(15)14(10)20;1-4-10-13(8(2)3)18-15-17-11-6-5-9(16)7-12(11)19(15)14(10)20/h2*6-9H,5H2,1-4H3,(H,17,18);2*6-9H,5H2,1-4H3,(H,17,18);2*5-8H,4H2,1-3H3,(H,17,18). The predicted octanol–water partition coefficient (Wildman–Crippen LogP) is 19.1. The Morgan fingerprint density at radius 3 is 0.844 bits per heavy atom. The molecule has 12 aromatic heterocycles. The van der Waals surface area contributed by atoms with Crippen LogP contribution in [0.2, 0.25) is 10.0 Å². The number of hydrogen-bond acceptors (Lipinski definition) is 14. The maximum absolute atomic E-state index is 12.8. The highest BCUT2D eigenvalue weighted by molar-refractivity contribution is 6.31. The lowest BCUT2D eigenvalue weighted by Gasteiger charge is -2.11. The number of benzene rings is 6. The molecule has 0 spiro atoms. The van der Waals surface area contributed by atoms with Gasteiger partial charge in [0.15, 0.2) is 0 Å². The smallest absolute Gasteiger partial charge is 0.262 e. The minimum absolute atomic E-state index is 0.00489. The van der Waals surface area contributed by atoms with Gasteiger partial charge in [-0.2, -0.15) is 0 Å². The number of hydrogen-bond donors (Lipinski definition) is 6. The van der Waals surface area contributed by atoms with Gasteiger partial charge in [-0.25, -0.2) is 56.3 Å². The van der Waals surface area contributed by atoms with Gasteiger partial charge in [-0.3, -0.25) is 28.8 Å². The maximum Gasteiger partial charge on any atom is 0.262 e. The van der Waals surface area contributed by atoms with E-state index in [1.807, 2.05) is 140 Å². The van der Waals surface area contributed by atoms with Crippen LogP contribution in [0.4, 0.5) is 0 Å². The number of nitrogens with one attached hydrogen (secondary N) is 6. The van der Waals surface area contributed by atoms with Crippen molar-refractivity contribution in [2.45, 2.75) is 213 Å². The monoisotopic (exact) mass is 1690 g/mol. The minimum atomic E-state index is -0.00489. The molecule has 18 rings (SSSR count). The molecule has 28 heteroatoms. The molecule has 0 bridgehead atoms. The number of imidazole rings is 6. The molecule has 26 nitrogen and oxygen atoms in total. The van der Waals surface area contributed by atoms with E-state index in [-0.39, 0.29) is 68.9 Å². The molecule has 0 fully saturated rings. The lowest BCUT2D eigenvalue weighted by molar-refractivity contribution is 0.415. The first-order valence-corrected chi connectivity index (χ1v) is 42.7. The Kier molecular flexibility index (Phi) is 25.6. The number of fused-ring (bicyclic) bond motifs is 18. The quantitative estimate of drug-likeness (QED) is 0.0590. The van der Waals surface area contributed by atoms with E-state index in [2.05, 4.69) is 143 Å². The molecule has 636 valence electrons. The molecule has 0 aliphatic rings. The van der Waals surface area contributed by atoms with Crippen LogP contribution in [0.1, 0.15) is 239 Å². The van der Waals surface area contributed by atoms with Crippen LogP contribution in [-0.2, 0) is 38.5 Å². The zero-order valence-corrected chi connectivity index (χ0v) is 75.0. The highest BCUT2D eigenvalue weighted by Gasteiger charge is 2.24. The van der Waals surface area contributed by atoms with Crippen LogP contribution in [0.15, 0.2) is 138 Å². The number of aryl methyl sites for hydroxylation is 2. The van der Waals surface area contributed by atoms with E-state index in [0.29, 0.717) is 70.4 Å². The number of nitrogens with zero attached hydrogens (tertiary/aromatic N) is 12. The Morgan fingerprint density at radius 1 is 0.279 bits per heavy atom. The van der Waals surface area contributed by atoms with E-state index in [9.17, 15) is 28.8 Å². The molecule has 6 aromatic carbocycles. The van der Waals surface area contributed by atoms with Gasteiger partial charge >= 0.3 is 0 Å². The number of rotatable bonds is 14. The van der Waals surface area contributed by atoms with E-state index < -0.39 is 0 Å². The van der Waals surface area contributed by atoms with Crippen LogP contribution in [0.25, 0.3) is 101 Å². The molecule has 122 heavy (non-hydrogen) atoms. The Balaban J connectivity index is 0.000000126. The fourth-order valence-corrected chi connectivity index (χ4v) is 16.6. The summed E-state index contributed by atoms with van der Waals surface area (Å²) in [5.74, 6) is 6.64. The van der Waals surface area contributed by atoms with Crippen molar-refractivity contribution in [1.29, 1.82) is 0 Å². The second-order valence-corrected chi connectivity index (χ2v) is 33.4. The van der Waals surface area contributed by atoms with Crippen molar-refractivity contribution in [2.24, 2.45) is 0 Å². The van der Waals surface area contributed by atoms with Crippen molar-refractivity contribution in [3.05, 3.63) is 260 Å².